The van der Waals surface area contributed by atoms with Crippen LogP contribution in [-0.2, 0) is 9.59 Å². The number of carbonyl (C=O) groups is 2. The van der Waals surface area contributed by atoms with Gasteiger partial charge in [0.25, 0.3) is 0 Å². The van der Waals surface area contributed by atoms with Crippen LogP contribution in [0.4, 0.5) is 0 Å². The van der Waals surface area contributed by atoms with Crippen molar-refractivity contribution in [3.63, 3.8) is 0 Å². The maximum Gasteiger partial charge on any atom is 0.234 e. The number of hydrogen-bond donors (Lipinski definition) is 1. The first kappa shape index (κ1) is 15.2. The van der Waals surface area contributed by atoms with Crippen LogP contribution in [0.25, 0.3) is 0 Å². The number of nitrogens with zero attached hydrogens (tertiary/aromatic N) is 1. The van der Waals surface area contributed by atoms with Crippen molar-refractivity contribution in [2.75, 3.05) is 20.1 Å². The topological polar surface area (TPSA) is 49.4 Å². The number of ketones is 1. The lowest BCUT2D eigenvalue weighted by Crippen LogP contribution is -2.47. The smallest absolute Gasteiger partial charge is 0.234 e. The van der Waals surface area contributed by atoms with Gasteiger partial charge < -0.3 is 5.32 Å². The first-order valence-corrected chi connectivity index (χ1v) is 6.79. The van der Waals surface area contributed by atoms with Gasteiger partial charge in [0.15, 0.2) is 5.78 Å². The van der Waals surface area contributed by atoms with Crippen molar-refractivity contribution in [3.05, 3.63) is 0 Å². The van der Waals surface area contributed by atoms with Crippen LogP contribution in [0.5, 0.6) is 0 Å². The van der Waals surface area contributed by atoms with Gasteiger partial charge in [0, 0.05) is 6.54 Å². The van der Waals surface area contributed by atoms with E-state index >= 15 is 0 Å². The Bertz CT molecular complexity index is 315. The average Bonchev–Trinajstić information content (AvgIpc) is 2.89. The molecule has 4 heteroatoms. The minimum absolute atomic E-state index is 0.0248. The second kappa shape index (κ2) is 6.32. The molecule has 104 valence electrons. The Morgan fingerprint density at radius 2 is 1.94 bits per heavy atom. The Morgan fingerprint density at radius 3 is 2.33 bits per heavy atom. The van der Waals surface area contributed by atoms with Crippen LogP contribution in [0, 0.1) is 17.8 Å². The Morgan fingerprint density at radius 1 is 1.39 bits per heavy atom. The fourth-order valence-corrected chi connectivity index (χ4v) is 2.32. The maximum absolute atomic E-state index is 11.9. The third-order valence-corrected chi connectivity index (χ3v) is 3.66. The monoisotopic (exact) mass is 254 g/mol. The number of amides is 1. The summed E-state index contributed by atoms with van der Waals surface area (Å²) in [6, 6.07) is -0.356. The maximum atomic E-state index is 11.9. The number of carbonyl (C=O) groups excluding carboxylic acids is 2. The molecule has 0 saturated heterocycles. The first-order chi connectivity index (χ1) is 8.31. The van der Waals surface area contributed by atoms with Crippen molar-refractivity contribution in [3.8, 4) is 0 Å². The summed E-state index contributed by atoms with van der Waals surface area (Å²) in [7, 11) is 1.96. The fraction of sp³-hybridized carbons (Fsp3) is 0.857. The van der Waals surface area contributed by atoms with E-state index in [9.17, 15) is 9.59 Å². The molecule has 0 bridgehead atoms. The van der Waals surface area contributed by atoms with Gasteiger partial charge in [-0.3, -0.25) is 14.5 Å². The quantitative estimate of drug-likeness (QED) is 0.745. The molecule has 0 heterocycles. The molecule has 0 aromatic rings. The van der Waals surface area contributed by atoms with Crippen molar-refractivity contribution in [2.45, 2.75) is 40.2 Å². The lowest BCUT2D eigenvalue weighted by molar-refractivity contribution is -0.128. The lowest BCUT2D eigenvalue weighted by atomic mass is 10.0. The minimum Gasteiger partial charge on any atom is -0.345 e. The molecule has 1 saturated carbocycles. The number of nitrogens with one attached hydrogen (secondary N) is 1. The molecule has 1 aliphatic carbocycles. The van der Waals surface area contributed by atoms with E-state index in [-0.39, 0.29) is 23.7 Å². The molecule has 0 radical (unpaired) electrons. The second-order valence-electron chi connectivity index (χ2n) is 6.07. The van der Waals surface area contributed by atoms with Crippen molar-refractivity contribution >= 4 is 11.7 Å². The van der Waals surface area contributed by atoms with Crippen LogP contribution in [-0.4, -0.2) is 42.8 Å². The molecular weight excluding hydrogens is 228 g/mol. The molecule has 4 nitrogen and oxygen atoms in total. The van der Waals surface area contributed by atoms with E-state index in [1.807, 2.05) is 25.8 Å². The van der Waals surface area contributed by atoms with Crippen molar-refractivity contribution in [2.24, 2.45) is 17.8 Å². The third kappa shape index (κ3) is 4.77. The van der Waals surface area contributed by atoms with Gasteiger partial charge in [-0.15, -0.1) is 0 Å². The Balaban J connectivity index is 2.33. The highest BCUT2D eigenvalue weighted by Crippen LogP contribution is 2.37. The largest absolute Gasteiger partial charge is 0.345 e. The van der Waals surface area contributed by atoms with Gasteiger partial charge in [0.05, 0.1) is 12.6 Å². The number of rotatable bonds is 7. The molecule has 0 aromatic heterocycles. The van der Waals surface area contributed by atoms with Crippen LogP contribution < -0.4 is 5.32 Å². The van der Waals surface area contributed by atoms with Crippen LogP contribution >= 0.6 is 0 Å². The highest BCUT2D eigenvalue weighted by atomic mass is 16.2. The Labute approximate surface area is 110 Å². The Hall–Kier alpha value is -0.900. The number of hydrogen-bond acceptors (Lipinski definition) is 3. The van der Waals surface area contributed by atoms with Gasteiger partial charge in [-0.1, -0.05) is 20.8 Å². The van der Waals surface area contributed by atoms with Gasteiger partial charge >= 0.3 is 0 Å². The molecule has 3 atom stereocenters. The number of likely N-dealkylation sites (N-methyl/N-ethyl adjacent to an activating group) is 1. The zero-order valence-electron chi connectivity index (χ0n) is 12.2. The molecule has 18 heavy (non-hydrogen) atoms. The summed E-state index contributed by atoms with van der Waals surface area (Å²) in [4.78, 5) is 25.3. The predicted molar refractivity (Wildman–Crippen MR) is 72.2 cm³/mol. The Kier molecular flexibility index (Phi) is 5.32. The summed E-state index contributed by atoms with van der Waals surface area (Å²) in [5.74, 6) is 1.66. The predicted octanol–water partition coefficient (Wildman–Crippen LogP) is 1.30. The van der Waals surface area contributed by atoms with Crippen LogP contribution in [0.1, 0.15) is 34.1 Å². The highest BCUT2D eigenvalue weighted by Gasteiger charge is 2.33. The van der Waals surface area contributed by atoms with Crippen LogP contribution in [0.15, 0.2) is 0 Å². The summed E-state index contributed by atoms with van der Waals surface area (Å²) in [6.45, 7) is 9.01. The van der Waals surface area contributed by atoms with Gasteiger partial charge in [-0.25, -0.2) is 0 Å². The second-order valence-corrected chi connectivity index (χ2v) is 6.07. The van der Waals surface area contributed by atoms with E-state index < -0.39 is 0 Å². The molecular formula is C14H26N2O2. The molecule has 1 aliphatic rings. The molecule has 1 rings (SSSR count). The van der Waals surface area contributed by atoms with Gasteiger partial charge in [0.1, 0.15) is 0 Å². The molecule has 1 fully saturated rings. The highest BCUT2D eigenvalue weighted by molar-refractivity contribution is 5.88. The summed E-state index contributed by atoms with van der Waals surface area (Å²) >= 11 is 0. The van der Waals surface area contributed by atoms with E-state index in [0.717, 1.165) is 18.4 Å². The molecule has 0 spiro atoms. The van der Waals surface area contributed by atoms with Crippen molar-refractivity contribution in [1.29, 1.82) is 0 Å². The summed E-state index contributed by atoms with van der Waals surface area (Å²) in [6.07, 6.45) is 1.27. The van der Waals surface area contributed by atoms with E-state index in [1.165, 1.54) is 13.3 Å². The normalized spacial score (nSPS) is 24.2. The minimum atomic E-state index is -0.356. The van der Waals surface area contributed by atoms with Gasteiger partial charge in [-0.05, 0) is 38.1 Å². The van der Waals surface area contributed by atoms with Crippen molar-refractivity contribution < 1.29 is 9.59 Å². The van der Waals surface area contributed by atoms with E-state index in [0.29, 0.717) is 6.54 Å². The third-order valence-electron chi connectivity index (χ3n) is 3.66. The zero-order valence-corrected chi connectivity index (χ0v) is 12.2. The summed E-state index contributed by atoms with van der Waals surface area (Å²) in [5.41, 5.74) is 0. The van der Waals surface area contributed by atoms with Crippen LogP contribution in [0.2, 0.25) is 0 Å². The van der Waals surface area contributed by atoms with E-state index in [4.69, 9.17) is 0 Å². The fourth-order valence-electron chi connectivity index (χ4n) is 2.32. The average molecular weight is 254 g/mol. The lowest BCUT2D eigenvalue weighted by Gasteiger charge is -2.22. The number of Topliss-reactive ketones (excluding diaryl/α,β-unsaturated/α-hetero) is 1. The molecule has 1 N–H and O–H groups in total. The SMILES string of the molecule is CC(=O)C(NC(=O)CN(C)CC1CC1C)C(C)C. The zero-order chi connectivity index (χ0) is 13.9. The molecule has 1 amide bonds. The molecule has 0 aromatic carbocycles. The van der Waals surface area contributed by atoms with Gasteiger partial charge in [-0.2, -0.15) is 0 Å². The molecule has 3 unspecified atom stereocenters. The molecule has 0 aliphatic heterocycles. The van der Waals surface area contributed by atoms with E-state index in [2.05, 4.69) is 12.2 Å². The van der Waals surface area contributed by atoms with Gasteiger partial charge in [0.2, 0.25) is 5.91 Å². The van der Waals surface area contributed by atoms with E-state index in [1.54, 1.807) is 0 Å². The summed E-state index contributed by atoms with van der Waals surface area (Å²) in [5, 5.41) is 2.82. The summed E-state index contributed by atoms with van der Waals surface area (Å²) < 4.78 is 0. The van der Waals surface area contributed by atoms with Crippen molar-refractivity contribution in [1.82, 2.24) is 10.2 Å². The van der Waals surface area contributed by atoms with Crippen LogP contribution in [0.3, 0.4) is 0 Å². The first-order valence-electron chi connectivity index (χ1n) is 6.79. The standard InChI is InChI=1S/C14H26N2O2/c1-9(2)14(11(4)17)15-13(18)8-16(5)7-12-6-10(12)3/h9-10,12,14H,6-8H2,1-5H3,(H,15,18).